The molecule has 0 spiro atoms. The molecule has 4 N–H and O–H groups in total. The average Bonchev–Trinajstić information content (AvgIpc) is 2.54. The molecule has 1 aromatic carbocycles. The van der Waals surface area contributed by atoms with Gasteiger partial charge < -0.3 is 25.4 Å². The number of phenolic OH excluding ortho intramolecular Hbond substituents is 1. The number of carbonyl (C=O) groups is 1. The second-order valence-electron chi connectivity index (χ2n) is 4.20. The van der Waals surface area contributed by atoms with Crippen LogP contribution in [-0.2, 0) is 4.79 Å². The summed E-state index contributed by atoms with van der Waals surface area (Å²) in [6.07, 6.45) is 0.338. The summed E-state index contributed by atoms with van der Waals surface area (Å²) in [5, 5.41) is 18.8. The Hall–Kier alpha value is -1.66. The maximum Gasteiger partial charge on any atom is 0.305 e. The van der Waals surface area contributed by atoms with Gasteiger partial charge in [-0.25, -0.2) is 0 Å². The number of hydrogen-bond donors (Lipinski definition) is 3. The van der Waals surface area contributed by atoms with Crippen LogP contribution in [0.15, 0.2) is 6.07 Å². The van der Waals surface area contributed by atoms with Gasteiger partial charge in [-0.2, -0.15) is 0 Å². The second-order valence-corrected chi connectivity index (χ2v) is 4.61. The predicted molar refractivity (Wildman–Crippen MR) is 67.9 cm³/mol. The van der Waals surface area contributed by atoms with Crippen molar-refractivity contribution in [3.05, 3.63) is 16.7 Å². The van der Waals surface area contributed by atoms with Gasteiger partial charge in [0.05, 0.1) is 30.2 Å². The molecule has 0 aliphatic carbocycles. The average molecular weight is 288 g/mol. The molecule has 1 atom stereocenters. The van der Waals surface area contributed by atoms with E-state index >= 15 is 0 Å². The molecular weight excluding hydrogens is 274 g/mol. The zero-order valence-electron chi connectivity index (χ0n) is 10.1. The number of phenols is 1. The third-order valence-electron chi connectivity index (χ3n) is 2.77. The quantitative estimate of drug-likeness (QED) is 0.782. The molecule has 7 heteroatoms. The zero-order valence-corrected chi connectivity index (χ0v) is 10.8. The first kappa shape index (κ1) is 13.8. The highest BCUT2D eigenvalue weighted by Crippen LogP contribution is 2.46. The molecule has 1 unspecified atom stereocenters. The first-order valence-corrected chi connectivity index (χ1v) is 6.17. The highest BCUT2D eigenvalue weighted by molar-refractivity contribution is 6.32. The van der Waals surface area contributed by atoms with E-state index in [1.165, 1.54) is 6.07 Å². The third kappa shape index (κ3) is 2.85. The number of benzene rings is 1. The lowest BCUT2D eigenvalue weighted by atomic mass is 10.0. The van der Waals surface area contributed by atoms with Crippen molar-refractivity contribution >= 4 is 17.6 Å². The molecule has 104 valence electrons. The minimum atomic E-state index is -1.07. The lowest BCUT2D eigenvalue weighted by Crippen LogP contribution is -2.16. The van der Waals surface area contributed by atoms with Gasteiger partial charge in [-0.05, 0) is 0 Å². The summed E-state index contributed by atoms with van der Waals surface area (Å²) in [5.41, 5.74) is 5.98. The molecule has 0 saturated heterocycles. The number of carboxylic acids is 1. The molecule has 19 heavy (non-hydrogen) atoms. The molecule has 1 heterocycles. The lowest BCUT2D eigenvalue weighted by Gasteiger charge is -2.19. The van der Waals surface area contributed by atoms with Gasteiger partial charge >= 0.3 is 5.97 Å². The summed E-state index contributed by atoms with van der Waals surface area (Å²) in [6, 6.07) is 0.515. The van der Waals surface area contributed by atoms with Gasteiger partial charge in [-0.1, -0.05) is 11.6 Å². The number of nitrogens with two attached hydrogens (primary N) is 1. The number of carboxylic acid groups (broad SMARTS) is 1. The van der Waals surface area contributed by atoms with E-state index in [-0.39, 0.29) is 28.5 Å². The van der Waals surface area contributed by atoms with E-state index < -0.39 is 12.0 Å². The van der Waals surface area contributed by atoms with Crippen molar-refractivity contribution in [1.82, 2.24) is 0 Å². The van der Waals surface area contributed by atoms with Gasteiger partial charge in [-0.15, -0.1) is 0 Å². The molecule has 0 fully saturated rings. The highest BCUT2D eigenvalue weighted by atomic mass is 35.5. The van der Waals surface area contributed by atoms with Crippen LogP contribution in [0.2, 0.25) is 5.02 Å². The van der Waals surface area contributed by atoms with Crippen LogP contribution in [0.25, 0.3) is 0 Å². The number of aliphatic carboxylic acids is 1. The fraction of sp³-hybridized carbons (Fsp3) is 0.417. The number of ether oxygens (including phenoxy) is 2. The Balaban J connectivity index is 2.50. The van der Waals surface area contributed by atoms with E-state index in [0.717, 1.165) is 0 Å². The molecule has 0 saturated carbocycles. The normalized spacial score (nSPS) is 15.7. The Morgan fingerprint density at radius 2 is 2.16 bits per heavy atom. The van der Waals surface area contributed by atoms with Crippen molar-refractivity contribution in [3.63, 3.8) is 0 Å². The molecule has 0 bridgehead atoms. The van der Waals surface area contributed by atoms with E-state index in [1.807, 2.05) is 0 Å². The number of halogens is 1. The van der Waals surface area contributed by atoms with Gasteiger partial charge in [-0.3, -0.25) is 4.79 Å². The van der Waals surface area contributed by atoms with Crippen LogP contribution in [0.3, 0.4) is 0 Å². The first-order chi connectivity index (χ1) is 9.00. The molecule has 0 radical (unpaired) electrons. The Morgan fingerprint density at radius 3 is 2.84 bits per heavy atom. The van der Waals surface area contributed by atoms with Crippen LogP contribution >= 0.6 is 11.6 Å². The minimum Gasteiger partial charge on any atom is -0.506 e. The Labute approximate surface area is 114 Å². The second kappa shape index (κ2) is 5.54. The molecule has 0 aromatic heterocycles. The van der Waals surface area contributed by atoms with Gasteiger partial charge in [0.2, 0.25) is 0 Å². The Bertz CT molecular complexity index is 505. The van der Waals surface area contributed by atoms with Gasteiger partial charge in [0.15, 0.2) is 11.5 Å². The summed E-state index contributed by atoms with van der Waals surface area (Å²) < 4.78 is 11.0. The zero-order chi connectivity index (χ0) is 14.0. The maximum atomic E-state index is 10.7. The fourth-order valence-corrected chi connectivity index (χ4v) is 2.12. The summed E-state index contributed by atoms with van der Waals surface area (Å²) in [4.78, 5) is 10.7. The predicted octanol–water partition coefficient (Wildman–Crippen LogP) is 1.68. The molecular formula is C12H14ClNO5. The number of fused-ring (bicyclic) bond motifs is 1. The molecule has 2 rings (SSSR count). The van der Waals surface area contributed by atoms with Crippen molar-refractivity contribution in [2.75, 3.05) is 13.2 Å². The molecule has 1 aromatic rings. The van der Waals surface area contributed by atoms with Crippen molar-refractivity contribution < 1.29 is 24.5 Å². The van der Waals surface area contributed by atoms with Crippen molar-refractivity contribution in [1.29, 1.82) is 0 Å². The van der Waals surface area contributed by atoms with Crippen LogP contribution in [0, 0.1) is 0 Å². The molecule has 0 amide bonds. The molecule has 1 aliphatic heterocycles. The largest absolute Gasteiger partial charge is 0.506 e. The Kier molecular flexibility index (Phi) is 4.01. The van der Waals surface area contributed by atoms with E-state index in [2.05, 4.69) is 0 Å². The van der Waals surface area contributed by atoms with Crippen molar-refractivity contribution in [2.24, 2.45) is 5.73 Å². The van der Waals surface area contributed by atoms with E-state index in [4.69, 9.17) is 31.9 Å². The van der Waals surface area contributed by atoms with Crippen LogP contribution in [0.1, 0.15) is 24.4 Å². The summed E-state index contributed by atoms with van der Waals surface area (Å²) in [7, 11) is 0. The van der Waals surface area contributed by atoms with Gasteiger partial charge in [0.25, 0.3) is 0 Å². The highest BCUT2D eigenvalue weighted by Gasteiger charge is 2.26. The lowest BCUT2D eigenvalue weighted by molar-refractivity contribution is -0.137. The number of hydrogen-bond acceptors (Lipinski definition) is 5. The first-order valence-electron chi connectivity index (χ1n) is 5.79. The van der Waals surface area contributed by atoms with Crippen LogP contribution < -0.4 is 15.2 Å². The van der Waals surface area contributed by atoms with E-state index in [1.54, 1.807) is 0 Å². The van der Waals surface area contributed by atoms with Crippen LogP contribution in [-0.4, -0.2) is 29.4 Å². The fourth-order valence-electron chi connectivity index (χ4n) is 1.92. The van der Waals surface area contributed by atoms with Crippen LogP contribution in [0.4, 0.5) is 0 Å². The summed E-state index contributed by atoms with van der Waals surface area (Å²) in [5.74, 6) is -0.695. The van der Waals surface area contributed by atoms with Crippen molar-refractivity contribution in [2.45, 2.75) is 18.9 Å². The van der Waals surface area contributed by atoms with Crippen LogP contribution in [0.5, 0.6) is 17.2 Å². The molecule has 6 nitrogen and oxygen atoms in total. The van der Waals surface area contributed by atoms with E-state index in [0.29, 0.717) is 25.4 Å². The minimum absolute atomic E-state index is 0.0556. The summed E-state index contributed by atoms with van der Waals surface area (Å²) >= 11 is 5.90. The van der Waals surface area contributed by atoms with Gasteiger partial charge in [0, 0.05) is 18.5 Å². The monoisotopic (exact) mass is 287 g/mol. The number of aromatic hydroxyl groups is 1. The third-order valence-corrected chi connectivity index (χ3v) is 3.05. The SMILES string of the molecule is NC(CC(=O)O)c1c(O)c(Cl)cc2c1OCCCO2. The maximum absolute atomic E-state index is 10.7. The Morgan fingerprint density at radius 1 is 1.47 bits per heavy atom. The number of rotatable bonds is 3. The smallest absolute Gasteiger partial charge is 0.305 e. The van der Waals surface area contributed by atoms with E-state index in [9.17, 15) is 9.90 Å². The standard InChI is InChI=1S/C12H14ClNO5/c13-6-4-8-12(19-3-1-2-18-8)10(11(6)17)7(14)5-9(15)16/h4,7,17H,1-3,5,14H2,(H,15,16). The van der Waals surface area contributed by atoms with Crippen molar-refractivity contribution in [3.8, 4) is 17.2 Å². The summed E-state index contributed by atoms with van der Waals surface area (Å²) in [6.45, 7) is 0.864. The topological polar surface area (TPSA) is 102 Å². The molecule has 1 aliphatic rings. The van der Waals surface area contributed by atoms with Gasteiger partial charge in [0.1, 0.15) is 5.75 Å².